The summed E-state index contributed by atoms with van der Waals surface area (Å²) in [5.74, 6) is 2.60. The molecule has 5 nitrogen and oxygen atoms in total. The summed E-state index contributed by atoms with van der Waals surface area (Å²) in [6.07, 6.45) is 9.20. The van der Waals surface area contributed by atoms with Gasteiger partial charge in [-0.3, -0.25) is 4.79 Å². The monoisotopic (exact) mass is 362 g/mol. The van der Waals surface area contributed by atoms with Gasteiger partial charge in [0, 0.05) is 18.2 Å². The summed E-state index contributed by atoms with van der Waals surface area (Å²) in [4.78, 5) is 15.0. The van der Waals surface area contributed by atoms with Gasteiger partial charge in [-0.1, -0.05) is 32.3 Å². The average Bonchev–Trinajstić information content (AvgIpc) is 2.61. The number of hydrogen-bond donors (Lipinski definition) is 1. The number of hydrogen-bond acceptors (Lipinski definition) is 3. The fourth-order valence-corrected chi connectivity index (χ4v) is 4.40. The topological polar surface area (TPSA) is 66.5 Å². The molecule has 2 unspecified atom stereocenters. The molecule has 1 aromatic rings. The van der Waals surface area contributed by atoms with E-state index in [4.69, 9.17) is 6.42 Å². The fourth-order valence-electron chi connectivity index (χ4n) is 3.42. The van der Waals surface area contributed by atoms with E-state index in [0.29, 0.717) is 11.5 Å². The molecule has 1 saturated heterocycles. The lowest BCUT2D eigenvalue weighted by Gasteiger charge is -2.40. The van der Waals surface area contributed by atoms with E-state index in [1.165, 1.54) is 12.1 Å². The molecule has 1 aliphatic rings. The summed E-state index contributed by atoms with van der Waals surface area (Å²) in [5.41, 5.74) is 0.402. The standard InChI is InChI=1S/C19H26N2O3S/c1-4-8-18-15(3)9-7-13-21(18)19(22)16-10-6-11-17(14-16)25(23,24)20-12-5-2/h2,6,10-11,14-15,18,20H,4,7-9,12-13H2,1,3H3. The molecule has 1 heterocycles. The van der Waals surface area contributed by atoms with Crippen molar-refractivity contribution in [3.63, 3.8) is 0 Å². The highest BCUT2D eigenvalue weighted by Gasteiger charge is 2.32. The minimum absolute atomic E-state index is 0.0608. The molecule has 1 amide bonds. The third-order valence-electron chi connectivity index (χ3n) is 4.72. The van der Waals surface area contributed by atoms with Crippen molar-refractivity contribution in [3.8, 4) is 12.3 Å². The van der Waals surface area contributed by atoms with Gasteiger partial charge in [0.25, 0.3) is 5.91 Å². The number of carbonyl (C=O) groups is 1. The Balaban J connectivity index is 2.27. The van der Waals surface area contributed by atoms with Crippen LogP contribution in [0.25, 0.3) is 0 Å². The molecule has 0 saturated carbocycles. The number of benzene rings is 1. The van der Waals surface area contributed by atoms with Crippen molar-refractivity contribution in [1.82, 2.24) is 9.62 Å². The maximum absolute atomic E-state index is 13.0. The number of amides is 1. The predicted octanol–water partition coefficient (Wildman–Crippen LogP) is 2.64. The van der Waals surface area contributed by atoms with Gasteiger partial charge < -0.3 is 4.90 Å². The molecular formula is C19H26N2O3S. The van der Waals surface area contributed by atoms with Crippen molar-refractivity contribution in [3.05, 3.63) is 29.8 Å². The minimum Gasteiger partial charge on any atom is -0.335 e. The molecule has 136 valence electrons. The van der Waals surface area contributed by atoms with Crippen LogP contribution in [0.5, 0.6) is 0 Å². The maximum atomic E-state index is 13.0. The summed E-state index contributed by atoms with van der Waals surface area (Å²) in [5, 5.41) is 0. The van der Waals surface area contributed by atoms with Gasteiger partial charge in [-0.2, -0.15) is 4.72 Å². The first kappa shape index (κ1) is 19.5. The summed E-state index contributed by atoms with van der Waals surface area (Å²) in [6, 6.07) is 6.39. The first-order valence-corrected chi connectivity index (χ1v) is 10.2. The molecule has 6 heteroatoms. The second kappa shape index (κ2) is 8.50. The van der Waals surface area contributed by atoms with Gasteiger partial charge >= 0.3 is 0 Å². The van der Waals surface area contributed by atoms with Crippen LogP contribution in [0, 0.1) is 18.3 Å². The molecule has 1 aliphatic heterocycles. The van der Waals surface area contributed by atoms with Gasteiger partial charge in [-0.15, -0.1) is 6.42 Å². The predicted molar refractivity (Wildman–Crippen MR) is 98.6 cm³/mol. The molecule has 0 radical (unpaired) electrons. The zero-order chi connectivity index (χ0) is 18.4. The van der Waals surface area contributed by atoms with Crippen molar-refractivity contribution in [1.29, 1.82) is 0 Å². The Bertz CT molecular complexity index is 752. The van der Waals surface area contributed by atoms with E-state index in [0.717, 1.165) is 32.2 Å². The number of nitrogens with zero attached hydrogens (tertiary/aromatic N) is 1. The number of nitrogens with one attached hydrogen (secondary N) is 1. The summed E-state index contributed by atoms with van der Waals surface area (Å²) < 4.78 is 26.8. The Hall–Kier alpha value is -1.84. The first-order chi connectivity index (χ1) is 11.9. The van der Waals surface area contributed by atoms with E-state index in [-0.39, 0.29) is 23.4 Å². The van der Waals surface area contributed by atoms with Crippen LogP contribution in [0.15, 0.2) is 29.2 Å². The molecule has 1 fully saturated rings. The second-order valence-corrected chi connectivity index (χ2v) is 8.30. The molecule has 2 atom stereocenters. The third-order valence-corrected chi connectivity index (χ3v) is 6.12. The van der Waals surface area contributed by atoms with Gasteiger partial charge in [0.1, 0.15) is 0 Å². The summed E-state index contributed by atoms with van der Waals surface area (Å²) >= 11 is 0. The Kier molecular flexibility index (Phi) is 6.63. The normalized spacial score (nSPS) is 20.9. The second-order valence-electron chi connectivity index (χ2n) is 6.53. The molecular weight excluding hydrogens is 336 g/mol. The third kappa shape index (κ3) is 4.62. The Labute approximate surface area is 150 Å². The zero-order valence-corrected chi connectivity index (χ0v) is 15.7. The van der Waals surface area contributed by atoms with E-state index >= 15 is 0 Å². The highest BCUT2D eigenvalue weighted by molar-refractivity contribution is 7.89. The van der Waals surface area contributed by atoms with Gasteiger partial charge in [0.15, 0.2) is 0 Å². The lowest BCUT2D eigenvalue weighted by atomic mass is 9.87. The van der Waals surface area contributed by atoms with Crippen LogP contribution < -0.4 is 4.72 Å². The van der Waals surface area contributed by atoms with Crippen molar-refractivity contribution >= 4 is 15.9 Å². The molecule has 0 bridgehead atoms. The molecule has 0 spiro atoms. The average molecular weight is 362 g/mol. The molecule has 1 aromatic carbocycles. The van der Waals surface area contributed by atoms with Crippen molar-refractivity contribution in [2.45, 2.75) is 50.5 Å². The highest BCUT2D eigenvalue weighted by Crippen LogP contribution is 2.28. The summed E-state index contributed by atoms with van der Waals surface area (Å²) in [6.45, 7) is 4.95. The number of terminal acetylenes is 1. The zero-order valence-electron chi connectivity index (χ0n) is 14.9. The first-order valence-electron chi connectivity index (χ1n) is 8.75. The number of carbonyl (C=O) groups excluding carboxylic acids is 1. The fraction of sp³-hybridized carbons (Fsp3) is 0.526. The molecule has 1 N–H and O–H groups in total. The highest BCUT2D eigenvalue weighted by atomic mass is 32.2. The quantitative estimate of drug-likeness (QED) is 0.791. The Morgan fingerprint density at radius 3 is 2.88 bits per heavy atom. The van der Waals surface area contributed by atoms with Gasteiger partial charge in [-0.25, -0.2) is 8.42 Å². The number of rotatable bonds is 6. The van der Waals surface area contributed by atoms with E-state index in [9.17, 15) is 13.2 Å². The molecule has 0 aromatic heterocycles. The van der Waals surface area contributed by atoms with Gasteiger partial charge in [0.05, 0.1) is 11.4 Å². The maximum Gasteiger partial charge on any atom is 0.254 e. The van der Waals surface area contributed by atoms with E-state index in [1.807, 2.05) is 4.90 Å². The Morgan fingerprint density at radius 2 is 2.20 bits per heavy atom. The molecule has 25 heavy (non-hydrogen) atoms. The van der Waals surface area contributed by atoms with E-state index in [2.05, 4.69) is 24.5 Å². The number of sulfonamides is 1. The largest absolute Gasteiger partial charge is 0.335 e. The lowest BCUT2D eigenvalue weighted by Crippen LogP contribution is -2.47. The van der Waals surface area contributed by atoms with Crippen LogP contribution in [0.3, 0.4) is 0 Å². The minimum atomic E-state index is -3.71. The van der Waals surface area contributed by atoms with Crippen LogP contribution in [0.2, 0.25) is 0 Å². The van der Waals surface area contributed by atoms with Gasteiger partial charge in [-0.05, 0) is 43.4 Å². The van der Waals surface area contributed by atoms with Crippen molar-refractivity contribution in [2.75, 3.05) is 13.1 Å². The van der Waals surface area contributed by atoms with Crippen LogP contribution in [0.4, 0.5) is 0 Å². The molecule has 2 rings (SSSR count). The van der Waals surface area contributed by atoms with Crippen molar-refractivity contribution < 1.29 is 13.2 Å². The van der Waals surface area contributed by atoms with Gasteiger partial charge in [0.2, 0.25) is 10.0 Å². The van der Waals surface area contributed by atoms with E-state index < -0.39 is 10.0 Å². The molecule has 0 aliphatic carbocycles. The number of piperidine rings is 1. The lowest BCUT2D eigenvalue weighted by molar-refractivity contribution is 0.0497. The number of likely N-dealkylation sites (tertiary alicyclic amines) is 1. The van der Waals surface area contributed by atoms with Crippen molar-refractivity contribution in [2.24, 2.45) is 5.92 Å². The summed E-state index contributed by atoms with van der Waals surface area (Å²) in [7, 11) is -3.71. The van der Waals surface area contributed by atoms with Crippen LogP contribution in [-0.4, -0.2) is 38.4 Å². The van der Waals surface area contributed by atoms with Crippen LogP contribution >= 0.6 is 0 Å². The van der Waals surface area contributed by atoms with Crippen LogP contribution in [0.1, 0.15) is 49.9 Å². The Morgan fingerprint density at radius 1 is 1.44 bits per heavy atom. The SMILES string of the molecule is C#CCNS(=O)(=O)c1cccc(C(=O)N2CCCC(C)C2CCC)c1. The van der Waals surface area contributed by atoms with E-state index in [1.54, 1.807) is 12.1 Å². The van der Waals surface area contributed by atoms with Crippen LogP contribution in [-0.2, 0) is 10.0 Å². The smallest absolute Gasteiger partial charge is 0.254 e.